The van der Waals surface area contributed by atoms with Crippen molar-refractivity contribution in [2.45, 2.75) is 39.0 Å². The molecule has 0 saturated carbocycles. The molecule has 0 amide bonds. The van der Waals surface area contributed by atoms with Crippen molar-refractivity contribution >= 4 is 83.3 Å². The summed E-state index contributed by atoms with van der Waals surface area (Å²) in [5, 5.41) is 39.9. The van der Waals surface area contributed by atoms with Crippen molar-refractivity contribution in [2.75, 3.05) is 38.5 Å². The number of rotatable bonds is 13. The molecular weight excluding hydrogens is 1550 g/mol. The van der Waals surface area contributed by atoms with E-state index in [1.807, 2.05) is 103 Å². The van der Waals surface area contributed by atoms with E-state index < -0.39 is 53.2 Å². The second-order valence-corrected chi connectivity index (χ2v) is 26.1. The molecule has 35 heteroatoms. The minimum atomic E-state index is -1.16. The molecule has 9 heterocycles. The Bertz CT molecular complexity index is 6760. The first-order valence-electron chi connectivity index (χ1n) is 36.1. The third kappa shape index (κ3) is 15.4. The number of nitrogen functional groups attached to an aromatic ring is 3. The van der Waals surface area contributed by atoms with Crippen LogP contribution in [0.4, 0.5) is 43.8 Å². The molecule has 18 rings (SSSR count). The number of nitrogens with zero attached hydrogens (tertiary/aromatic N) is 16. The summed E-state index contributed by atoms with van der Waals surface area (Å²) in [5.74, 6) is -5.83. The quantitative estimate of drug-likeness (QED) is 0.0527. The van der Waals surface area contributed by atoms with E-state index in [0.29, 0.717) is 78.0 Å². The van der Waals surface area contributed by atoms with Crippen LogP contribution in [0.3, 0.4) is 0 Å². The van der Waals surface area contributed by atoms with Crippen molar-refractivity contribution in [1.82, 2.24) is 88.7 Å². The summed E-state index contributed by atoms with van der Waals surface area (Å²) in [6.07, 6.45) is 2.09. The Kier molecular flexibility index (Phi) is 23.0. The number of benzene rings is 9. The highest BCUT2D eigenvalue weighted by Gasteiger charge is 2.30. The molecule has 29 nitrogen and oxygen atoms in total. The van der Waals surface area contributed by atoms with E-state index in [9.17, 15) is 46.5 Å². The van der Waals surface area contributed by atoms with Gasteiger partial charge in [0, 0.05) is 16.7 Å². The van der Waals surface area contributed by atoms with Gasteiger partial charge in [-0.2, -0.15) is 28.5 Å². The molecule has 119 heavy (non-hydrogen) atoms. The highest BCUT2D eigenvalue weighted by atomic mass is 19.2. The van der Waals surface area contributed by atoms with Crippen molar-refractivity contribution in [3.05, 3.63) is 303 Å². The Balaban J connectivity index is 0.000000127. The molecular formula is C84H67F6N21O8. The van der Waals surface area contributed by atoms with Crippen molar-refractivity contribution in [3.8, 4) is 68.1 Å². The molecule has 10 N–H and O–H groups in total. The summed E-state index contributed by atoms with van der Waals surface area (Å²) in [4.78, 5) is 76.6. The number of halogens is 6. The highest BCUT2D eigenvalue weighted by Crippen LogP contribution is 2.39. The lowest BCUT2D eigenvalue weighted by atomic mass is 10.1. The summed E-state index contributed by atoms with van der Waals surface area (Å²) < 4.78 is 106. The van der Waals surface area contributed by atoms with E-state index in [1.165, 1.54) is 95.1 Å². The average Bonchev–Trinajstić information content (AvgIpc) is 1.64. The minimum absolute atomic E-state index is 0.0210. The van der Waals surface area contributed by atoms with E-state index in [4.69, 9.17) is 36.4 Å². The van der Waals surface area contributed by atoms with Crippen molar-refractivity contribution in [3.63, 3.8) is 0 Å². The third-order valence-electron chi connectivity index (χ3n) is 18.8. The van der Waals surface area contributed by atoms with Gasteiger partial charge in [-0.1, -0.05) is 91.0 Å². The van der Waals surface area contributed by atoms with E-state index in [2.05, 4.69) is 65.4 Å². The van der Waals surface area contributed by atoms with E-state index in [-0.39, 0.29) is 107 Å². The lowest BCUT2D eigenvalue weighted by molar-refractivity contribution is 0.185. The smallest absolute Gasteiger partial charge is 0.266 e. The first kappa shape index (κ1) is 80.0. The lowest BCUT2D eigenvalue weighted by Gasteiger charge is -2.19. The van der Waals surface area contributed by atoms with Crippen LogP contribution in [0.5, 0.6) is 17.2 Å². The number of aromatic nitrogens is 18. The molecule has 0 fully saturated rings. The lowest BCUT2D eigenvalue weighted by Crippen LogP contribution is -2.27. The zero-order valence-electron chi connectivity index (χ0n) is 63.5. The van der Waals surface area contributed by atoms with E-state index in [0.717, 1.165) is 0 Å². The Labute approximate surface area is 668 Å². The van der Waals surface area contributed by atoms with Gasteiger partial charge in [0.1, 0.15) is 77.9 Å². The van der Waals surface area contributed by atoms with Gasteiger partial charge in [0.15, 0.2) is 51.6 Å². The van der Waals surface area contributed by atoms with Gasteiger partial charge in [0.2, 0.25) is 17.5 Å². The summed E-state index contributed by atoms with van der Waals surface area (Å²) >= 11 is 0. The van der Waals surface area contributed by atoms with Gasteiger partial charge in [0.25, 0.3) is 16.7 Å². The van der Waals surface area contributed by atoms with Gasteiger partial charge in [-0.25, -0.2) is 62.7 Å². The standard InChI is InChI=1S/C28H21F2N7O2.2C16H14N2O2.2C12H9F2N5O/c1-15(26-34-19-11-7-6-10-17(19)28(38)36(26)16-8-4-3-5-9-16)37-27-21(25(31)32-14-33-27)24(35-37)18-12-13-20(39-2)23(30)22(18)29;2*1-11(19)15-17-14-10-6-5-9-13(14)16(20)18(15)12-7-3-2-4-8-12;2*1-20-6-3-2-5(8(13)9(6)14)10-7-11(15)16-4-17-12(7)19-18-10/h3-15H,1-2H3,(H2,31,32,33);2*2-11,19H,1H3;2*2-4H,1H3,(H3,15,16,17,18,19)/t15-;2*11-;;/m010../s1. The maximum absolute atomic E-state index is 15.2. The minimum Gasteiger partial charge on any atom is -0.494 e. The SMILES string of the molecule is COc1ccc(-c2[nH]nc3ncnc(N)c23)c(F)c1F.COc1ccc(-c2[nH]nc3ncnc(N)c23)c(F)c1F.COc1ccc(-c2nn([C@@H](C)c3nc4ccccc4c(=O)n3-c3ccccc3)c3ncnc(N)c23)c(F)c1F.C[C@@H](O)c1nc2ccccc2c(=O)n1-c1ccccc1.C[C@H](O)c1nc2ccccc2c(=O)n1-c1ccccc1. The number of aliphatic hydroxyl groups excluding tert-OH is 2. The van der Waals surface area contributed by atoms with Gasteiger partial charge in [-0.15, -0.1) is 0 Å². The fourth-order valence-electron chi connectivity index (χ4n) is 13.1. The molecule has 9 aromatic carbocycles. The van der Waals surface area contributed by atoms with Gasteiger partial charge >= 0.3 is 0 Å². The molecule has 0 spiro atoms. The molecule has 0 bridgehead atoms. The van der Waals surface area contributed by atoms with Crippen LogP contribution < -0.4 is 48.1 Å². The van der Waals surface area contributed by atoms with Gasteiger partial charge in [0.05, 0.1) is 98.6 Å². The Morgan fingerprint density at radius 3 is 1.07 bits per heavy atom. The Morgan fingerprint density at radius 1 is 0.378 bits per heavy atom. The van der Waals surface area contributed by atoms with Crippen LogP contribution in [0, 0.1) is 34.9 Å². The number of anilines is 3. The van der Waals surface area contributed by atoms with Gasteiger partial charge in [-0.3, -0.25) is 38.3 Å². The molecule has 598 valence electrons. The van der Waals surface area contributed by atoms with Gasteiger partial charge < -0.3 is 41.6 Å². The van der Waals surface area contributed by atoms with Gasteiger partial charge in [-0.05, 0) is 130 Å². The van der Waals surface area contributed by atoms with Crippen molar-refractivity contribution in [1.29, 1.82) is 0 Å². The maximum Gasteiger partial charge on any atom is 0.266 e. The first-order valence-corrected chi connectivity index (χ1v) is 36.1. The van der Waals surface area contributed by atoms with Crippen LogP contribution in [0.1, 0.15) is 56.5 Å². The molecule has 0 aliphatic carbocycles. The van der Waals surface area contributed by atoms with Crippen LogP contribution >= 0.6 is 0 Å². The molecule has 0 unspecified atom stereocenters. The van der Waals surface area contributed by atoms with Crippen LogP contribution in [0.15, 0.2) is 234 Å². The number of aliphatic hydroxyl groups is 2. The van der Waals surface area contributed by atoms with E-state index >= 15 is 4.39 Å². The maximum atomic E-state index is 15.2. The van der Waals surface area contributed by atoms with Crippen LogP contribution in [-0.2, 0) is 0 Å². The molecule has 3 atom stereocenters. The average molecular weight is 1610 g/mol. The number of nitrogens with two attached hydrogens (primary N) is 3. The highest BCUT2D eigenvalue weighted by molar-refractivity contribution is 6.00. The summed E-state index contributed by atoms with van der Waals surface area (Å²) in [6.45, 7) is 5.00. The second-order valence-electron chi connectivity index (χ2n) is 26.1. The summed E-state index contributed by atoms with van der Waals surface area (Å²) in [5.41, 5.74) is 21.9. The molecule has 0 radical (unpaired) electrons. The fourth-order valence-corrected chi connectivity index (χ4v) is 13.1. The number of H-pyrrole nitrogens is 2. The molecule has 9 aromatic heterocycles. The largest absolute Gasteiger partial charge is 0.494 e. The number of para-hydroxylation sites is 6. The van der Waals surface area contributed by atoms with Crippen molar-refractivity contribution < 1.29 is 50.8 Å². The predicted octanol–water partition coefficient (Wildman–Crippen LogP) is 13.3. The van der Waals surface area contributed by atoms with Crippen LogP contribution in [0.2, 0.25) is 0 Å². The zero-order valence-corrected chi connectivity index (χ0v) is 63.5. The van der Waals surface area contributed by atoms with E-state index in [1.54, 1.807) is 81.4 Å². The number of aromatic amines is 2. The molecule has 0 saturated heterocycles. The summed E-state index contributed by atoms with van der Waals surface area (Å²) in [7, 11) is 3.77. The number of ether oxygens (including phenoxy) is 3. The molecule has 0 aliphatic heterocycles. The Hall–Kier alpha value is -15.7. The predicted molar refractivity (Wildman–Crippen MR) is 435 cm³/mol. The van der Waals surface area contributed by atoms with Crippen molar-refractivity contribution in [2.24, 2.45) is 0 Å². The monoisotopic (exact) mass is 1610 g/mol. The number of hydrogen-bond donors (Lipinski definition) is 7. The number of fused-ring (bicyclic) bond motifs is 6. The first-order chi connectivity index (χ1) is 57.5. The number of hydrogen-bond acceptors (Lipinski definition) is 23. The topological polar surface area (TPSA) is 403 Å². The normalized spacial score (nSPS) is 11.9. The molecule has 18 aromatic rings. The second kappa shape index (κ2) is 34.2. The summed E-state index contributed by atoms with van der Waals surface area (Å²) in [6, 6.07) is 56.3. The van der Waals surface area contributed by atoms with Crippen LogP contribution in [-0.4, -0.2) is 120 Å². The third-order valence-corrected chi connectivity index (χ3v) is 18.8. The molecule has 0 aliphatic rings. The van der Waals surface area contributed by atoms with Crippen LogP contribution in [0.25, 0.3) is 117 Å². The zero-order chi connectivity index (χ0) is 84.0. The fraction of sp³-hybridized carbons (Fsp3) is 0.107. The number of nitrogens with one attached hydrogen (secondary N) is 2. The Morgan fingerprint density at radius 2 is 0.697 bits per heavy atom. The number of methoxy groups -OCH3 is 3.